The number of fused-ring (bicyclic) bond motifs is 1. The maximum Gasteiger partial charge on any atom is 0.138 e. The fourth-order valence-corrected chi connectivity index (χ4v) is 1.76. The maximum atomic E-state index is 9.86. The molecule has 0 saturated heterocycles. The first-order chi connectivity index (χ1) is 6.88. The third-order valence-corrected chi connectivity index (χ3v) is 2.50. The highest BCUT2D eigenvalue weighted by atomic mass is 16.3. The van der Waals surface area contributed by atoms with Crippen molar-refractivity contribution in [3.05, 3.63) is 29.1 Å². The van der Waals surface area contributed by atoms with Gasteiger partial charge in [-0.2, -0.15) is 0 Å². The van der Waals surface area contributed by atoms with E-state index in [0.29, 0.717) is 5.82 Å². The molecule has 15 heavy (non-hydrogen) atoms. The Balaban J connectivity index is 2.71. The number of imidazole rings is 1. The van der Waals surface area contributed by atoms with Crippen molar-refractivity contribution in [1.29, 1.82) is 0 Å². The molecule has 0 aliphatic heterocycles. The molecule has 0 saturated carbocycles. The Bertz CT molecular complexity index is 506. The summed E-state index contributed by atoms with van der Waals surface area (Å²) in [4.78, 5) is 7.58. The minimum Gasteiger partial charge on any atom is -0.383 e. The molecule has 0 aliphatic carbocycles. The number of hydrogen-bond donors (Lipinski definition) is 2. The van der Waals surface area contributed by atoms with Crippen molar-refractivity contribution in [2.45, 2.75) is 33.3 Å². The van der Waals surface area contributed by atoms with Crippen LogP contribution in [0.3, 0.4) is 0 Å². The largest absolute Gasteiger partial charge is 0.383 e. The maximum absolute atomic E-state index is 9.86. The molecule has 0 unspecified atom stereocenters. The number of aryl methyl sites for hydroxylation is 2. The Morgan fingerprint density at radius 2 is 1.93 bits per heavy atom. The van der Waals surface area contributed by atoms with Gasteiger partial charge in [-0.15, -0.1) is 0 Å². The molecule has 0 aliphatic rings. The van der Waals surface area contributed by atoms with Gasteiger partial charge in [-0.1, -0.05) is 6.07 Å². The summed E-state index contributed by atoms with van der Waals surface area (Å²) in [7, 11) is 0. The second-order valence-corrected chi connectivity index (χ2v) is 4.62. The Labute approximate surface area is 89.2 Å². The van der Waals surface area contributed by atoms with Crippen LogP contribution in [-0.2, 0) is 5.60 Å². The van der Waals surface area contributed by atoms with Crippen LogP contribution in [-0.4, -0.2) is 15.1 Å². The van der Waals surface area contributed by atoms with E-state index in [9.17, 15) is 5.11 Å². The first kappa shape index (κ1) is 10.2. The van der Waals surface area contributed by atoms with Gasteiger partial charge in [-0.05, 0) is 44.9 Å². The second-order valence-electron chi connectivity index (χ2n) is 4.62. The third kappa shape index (κ3) is 1.75. The van der Waals surface area contributed by atoms with E-state index in [4.69, 9.17) is 0 Å². The molecule has 3 heteroatoms. The first-order valence-corrected chi connectivity index (χ1v) is 5.08. The summed E-state index contributed by atoms with van der Waals surface area (Å²) in [5.74, 6) is 0.617. The van der Waals surface area contributed by atoms with Crippen LogP contribution in [0.4, 0.5) is 0 Å². The number of aliphatic hydroxyl groups is 1. The summed E-state index contributed by atoms with van der Waals surface area (Å²) in [5.41, 5.74) is 3.35. The fraction of sp³-hybridized carbons (Fsp3) is 0.417. The summed E-state index contributed by atoms with van der Waals surface area (Å²) < 4.78 is 0. The summed E-state index contributed by atoms with van der Waals surface area (Å²) in [6, 6.07) is 4.14. The number of nitrogens with zero attached hydrogens (tertiary/aromatic N) is 1. The van der Waals surface area contributed by atoms with Gasteiger partial charge in [-0.3, -0.25) is 0 Å². The standard InChI is InChI=1S/C12H16N2O/c1-7-5-8(2)10-9(6-7)13-11(14-10)12(3,4)15/h5-6,15H,1-4H3,(H,13,14). The predicted octanol–water partition coefficient (Wildman–Crippen LogP) is 2.41. The zero-order valence-corrected chi connectivity index (χ0v) is 9.55. The molecule has 0 atom stereocenters. The molecule has 1 aromatic carbocycles. The fourth-order valence-electron chi connectivity index (χ4n) is 1.76. The monoisotopic (exact) mass is 204 g/mol. The Morgan fingerprint density at radius 3 is 2.53 bits per heavy atom. The lowest BCUT2D eigenvalue weighted by Crippen LogP contribution is -2.17. The van der Waals surface area contributed by atoms with Crippen LogP contribution >= 0.6 is 0 Å². The average molecular weight is 204 g/mol. The van der Waals surface area contributed by atoms with Crippen LogP contribution in [0.25, 0.3) is 11.0 Å². The van der Waals surface area contributed by atoms with Gasteiger partial charge in [0.25, 0.3) is 0 Å². The van der Waals surface area contributed by atoms with Crippen LogP contribution in [0.1, 0.15) is 30.8 Å². The van der Waals surface area contributed by atoms with Crippen molar-refractivity contribution < 1.29 is 5.11 Å². The number of aromatic nitrogens is 2. The van der Waals surface area contributed by atoms with E-state index in [1.54, 1.807) is 13.8 Å². The molecule has 80 valence electrons. The average Bonchev–Trinajstić information content (AvgIpc) is 2.46. The molecule has 1 heterocycles. The molecule has 0 spiro atoms. The minimum absolute atomic E-state index is 0.617. The van der Waals surface area contributed by atoms with E-state index in [1.807, 2.05) is 13.0 Å². The normalized spacial score (nSPS) is 12.3. The summed E-state index contributed by atoms with van der Waals surface area (Å²) >= 11 is 0. The SMILES string of the molecule is Cc1cc(C)c2nc(C(C)(C)O)[nH]c2c1. The van der Waals surface area contributed by atoms with Gasteiger partial charge in [0.15, 0.2) is 0 Å². The van der Waals surface area contributed by atoms with Crippen molar-refractivity contribution in [2.24, 2.45) is 0 Å². The van der Waals surface area contributed by atoms with E-state index in [1.165, 1.54) is 5.56 Å². The van der Waals surface area contributed by atoms with E-state index in [2.05, 4.69) is 23.0 Å². The molecule has 0 radical (unpaired) electrons. The van der Waals surface area contributed by atoms with Gasteiger partial charge >= 0.3 is 0 Å². The number of rotatable bonds is 1. The molecule has 0 bridgehead atoms. The number of benzene rings is 1. The molecule has 2 N–H and O–H groups in total. The zero-order valence-electron chi connectivity index (χ0n) is 9.55. The van der Waals surface area contributed by atoms with Gasteiger partial charge in [0.05, 0.1) is 11.0 Å². The Morgan fingerprint density at radius 1 is 1.27 bits per heavy atom. The van der Waals surface area contributed by atoms with Gasteiger partial charge in [0.1, 0.15) is 11.4 Å². The molecule has 0 amide bonds. The van der Waals surface area contributed by atoms with Gasteiger partial charge < -0.3 is 10.1 Å². The first-order valence-electron chi connectivity index (χ1n) is 5.08. The highest BCUT2D eigenvalue weighted by molar-refractivity contribution is 5.79. The molecular weight excluding hydrogens is 188 g/mol. The van der Waals surface area contributed by atoms with Crippen LogP contribution in [0.5, 0.6) is 0 Å². The summed E-state index contributed by atoms with van der Waals surface area (Å²) in [5, 5.41) is 9.86. The minimum atomic E-state index is -0.917. The zero-order chi connectivity index (χ0) is 11.2. The van der Waals surface area contributed by atoms with Crippen molar-refractivity contribution in [1.82, 2.24) is 9.97 Å². The number of hydrogen-bond acceptors (Lipinski definition) is 2. The second kappa shape index (κ2) is 3.07. The van der Waals surface area contributed by atoms with Crippen LogP contribution in [0.15, 0.2) is 12.1 Å². The third-order valence-electron chi connectivity index (χ3n) is 2.50. The van der Waals surface area contributed by atoms with Crippen LogP contribution in [0.2, 0.25) is 0 Å². The lowest BCUT2D eigenvalue weighted by atomic mass is 10.1. The molecule has 0 fully saturated rings. The Hall–Kier alpha value is -1.35. The van der Waals surface area contributed by atoms with Crippen molar-refractivity contribution in [2.75, 3.05) is 0 Å². The quantitative estimate of drug-likeness (QED) is 0.749. The number of H-pyrrole nitrogens is 1. The van der Waals surface area contributed by atoms with Crippen molar-refractivity contribution in [3.8, 4) is 0 Å². The molecule has 2 rings (SSSR count). The van der Waals surface area contributed by atoms with E-state index in [0.717, 1.165) is 16.6 Å². The molecule has 3 nitrogen and oxygen atoms in total. The van der Waals surface area contributed by atoms with Crippen molar-refractivity contribution in [3.63, 3.8) is 0 Å². The van der Waals surface area contributed by atoms with Gasteiger partial charge in [0, 0.05) is 0 Å². The lowest BCUT2D eigenvalue weighted by molar-refractivity contribution is 0.0700. The summed E-state index contributed by atoms with van der Waals surface area (Å²) in [6.45, 7) is 7.54. The molecule has 1 aromatic heterocycles. The topological polar surface area (TPSA) is 48.9 Å². The van der Waals surface area contributed by atoms with Crippen LogP contribution < -0.4 is 0 Å². The van der Waals surface area contributed by atoms with Gasteiger partial charge in [0.2, 0.25) is 0 Å². The highest BCUT2D eigenvalue weighted by Crippen LogP contribution is 2.23. The van der Waals surface area contributed by atoms with E-state index in [-0.39, 0.29) is 0 Å². The van der Waals surface area contributed by atoms with E-state index < -0.39 is 5.60 Å². The Kier molecular flexibility index (Phi) is 2.08. The predicted molar refractivity (Wildman–Crippen MR) is 60.8 cm³/mol. The lowest BCUT2D eigenvalue weighted by Gasteiger charge is -2.12. The smallest absolute Gasteiger partial charge is 0.138 e. The van der Waals surface area contributed by atoms with Gasteiger partial charge in [-0.25, -0.2) is 4.98 Å². The highest BCUT2D eigenvalue weighted by Gasteiger charge is 2.20. The number of aromatic amines is 1. The molecule has 2 aromatic rings. The van der Waals surface area contributed by atoms with Crippen molar-refractivity contribution >= 4 is 11.0 Å². The van der Waals surface area contributed by atoms with Crippen LogP contribution in [0, 0.1) is 13.8 Å². The summed E-state index contributed by atoms with van der Waals surface area (Å²) in [6.07, 6.45) is 0. The number of nitrogens with one attached hydrogen (secondary N) is 1. The molecular formula is C12H16N2O. The van der Waals surface area contributed by atoms with E-state index >= 15 is 0 Å².